The van der Waals surface area contributed by atoms with Gasteiger partial charge in [0, 0.05) is 11.4 Å². The first-order chi connectivity index (χ1) is 5.25. The van der Waals surface area contributed by atoms with Crippen LogP contribution in [0.25, 0.3) is 0 Å². The first-order valence-corrected chi connectivity index (χ1v) is 4.59. The molecule has 62 valence electrons. The Morgan fingerprint density at radius 1 is 1.82 bits per heavy atom. The molecule has 1 aromatic rings. The van der Waals surface area contributed by atoms with Gasteiger partial charge >= 0.3 is 5.63 Å². The van der Waals surface area contributed by atoms with Gasteiger partial charge in [0.25, 0.3) is 0 Å². The van der Waals surface area contributed by atoms with Crippen LogP contribution in [0.1, 0.15) is 24.7 Å². The molecule has 0 radical (unpaired) electrons. The summed E-state index contributed by atoms with van der Waals surface area (Å²) in [4.78, 5) is 10.9. The third-order valence-electron chi connectivity index (χ3n) is 1.46. The van der Waals surface area contributed by atoms with Crippen molar-refractivity contribution in [3.8, 4) is 0 Å². The minimum absolute atomic E-state index is 0.225. The molecular formula is C7H11NO2S. The van der Waals surface area contributed by atoms with Crippen LogP contribution in [-0.2, 0) is 0 Å². The van der Waals surface area contributed by atoms with Gasteiger partial charge in [-0.05, 0) is 12.7 Å². The van der Waals surface area contributed by atoms with Crippen LogP contribution in [0.2, 0.25) is 0 Å². The van der Waals surface area contributed by atoms with E-state index in [-0.39, 0.29) is 10.9 Å². The van der Waals surface area contributed by atoms with Crippen LogP contribution < -0.4 is 5.63 Å². The van der Waals surface area contributed by atoms with Gasteiger partial charge in [-0.3, -0.25) is 0 Å². The Balaban J connectivity index is 2.75. The van der Waals surface area contributed by atoms with Crippen molar-refractivity contribution in [1.29, 1.82) is 0 Å². The standard InChI is InChI=1S/C7H11NO2S/c1-3-11-5(2)6-4-8-10-7(6)9/h4-5,8H,3H2,1-2H3. The minimum atomic E-state index is -0.251. The van der Waals surface area contributed by atoms with Crippen molar-refractivity contribution < 1.29 is 4.52 Å². The summed E-state index contributed by atoms with van der Waals surface area (Å²) in [7, 11) is 0. The van der Waals surface area contributed by atoms with Gasteiger partial charge in [-0.1, -0.05) is 6.92 Å². The van der Waals surface area contributed by atoms with Crippen molar-refractivity contribution in [2.75, 3.05) is 5.75 Å². The maximum Gasteiger partial charge on any atom is 0.361 e. The number of hydrogen-bond donors (Lipinski definition) is 1. The average molecular weight is 173 g/mol. The second kappa shape index (κ2) is 3.67. The molecule has 1 aromatic heterocycles. The summed E-state index contributed by atoms with van der Waals surface area (Å²) >= 11 is 1.72. The Labute approximate surface area is 69.1 Å². The Bertz CT molecular complexity index is 265. The van der Waals surface area contributed by atoms with Crippen molar-refractivity contribution in [1.82, 2.24) is 5.16 Å². The second-order valence-corrected chi connectivity index (χ2v) is 3.82. The van der Waals surface area contributed by atoms with Crippen LogP contribution in [0.15, 0.2) is 15.5 Å². The third-order valence-corrected chi connectivity index (χ3v) is 2.54. The Morgan fingerprint density at radius 2 is 2.55 bits per heavy atom. The molecular weight excluding hydrogens is 162 g/mol. The summed E-state index contributed by atoms with van der Waals surface area (Å²) in [5.74, 6) is 1.01. The van der Waals surface area contributed by atoms with Gasteiger partial charge < -0.3 is 4.52 Å². The Kier molecular flexibility index (Phi) is 2.82. The zero-order valence-corrected chi connectivity index (χ0v) is 7.40. The summed E-state index contributed by atoms with van der Waals surface area (Å²) in [5, 5.41) is 2.66. The van der Waals surface area contributed by atoms with E-state index in [9.17, 15) is 4.79 Å². The summed E-state index contributed by atoms with van der Waals surface area (Å²) < 4.78 is 4.54. The zero-order chi connectivity index (χ0) is 8.27. The van der Waals surface area contributed by atoms with Crippen molar-refractivity contribution >= 4 is 11.8 Å². The van der Waals surface area contributed by atoms with E-state index in [0.29, 0.717) is 0 Å². The second-order valence-electron chi connectivity index (χ2n) is 2.20. The average Bonchev–Trinajstić information content (AvgIpc) is 2.36. The van der Waals surface area contributed by atoms with E-state index in [4.69, 9.17) is 0 Å². The molecule has 0 spiro atoms. The van der Waals surface area contributed by atoms with E-state index in [1.165, 1.54) is 0 Å². The summed E-state index contributed by atoms with van der Waals surface area (Å²) in [6.07, 6.45) is 1.62. The lowest BCUT2D eigenvalue weighted by molar-refractivity contribution is 0.390. The van der Waals surface area contributed by atoms with E-state index in [0.717, 1.165) is 11.3 Å². The Morgan fingerprint density at radius 3 is 3.00 bits per heavy atom. The van der Waals surface area contributed by atoms with Crippen LogP contribution in [-0.4, -0.2) is 10.9 Å². The fraction of sp³-hybridized carbons (Fsp3) is 0.571. The number of nitrogens with one attached hydrogen (secondary N) is 1. The molecule has 1 heterocycles. The lowest BCUT2D eigenvalue weighted by Crippen LogP contribution is -2.02. The van der Waals surface area contributed by atoms with E-state index in [1.807, 2.05) is 6.92 Å². The number of aromatic amines is 1. The first kappa shape index (κ1) is 8.46. The topological polar surface area (TPSA) is 46.0 Å². The molecule has 1 atom stereocenters. The molecule has 0 saturated heterocycles. The lowest BCUT2D eigenvalue weighted by Gasteiger charge is -2.03. The molecule has 0 aromatic carbocycles. The smallest absolute Gasteiger partial charge is 0.339 e. The van der Waals surface area contributed by atoms with Crippen LogP contribution in [0, 0.1) is 0 Å². The molecule has 0 amide bonds. The first-order valence-electron chi connectivity index (χ1n) is 3.54. The molecule has 1 rings (SSSR count). The van der Waals surface area contributed by atoms with E-state index < -0.39 is 0 Å². The highest BCUT2D eigenvalue weighted by Gasteiger charge is 2.10. The van der Waals surface area contributed by atoms with E-state index in [1.54, 1.807) is 18.0 Å². The van der Waals surface area contributed by atoms with Gasteiger partial charge in [0.1, 0.15) is 0 Å². The van der Waals surface area contributed by atoms with Crippen LogP contribution in [0.3, 0.4) is 0 Å². The molecule has 0 aliphatic heterocycles. The largest absolute Gasteiger partial charge is 0.361 e. The van der Waals surface area contributed by atoms with Crippen molar-refractivity contribution in [2.24, 2.45) is 0 Å². The SMILES string of the molecule is CCSC(C)c1c[nH]oc1=O. The minimum Gasteiger partial charge on any atom is -0.339 e. The van der Waals surface area contributed by atoms with Crippen LogP contribution >= 0.6 is 11.8 Å². The normalized spacial score (nSPS) is 13.3. The van der Waals surface area contributed by atoms with Gasteiger partial charge in [0.05, 0.1) is 5.56 Å². The summed E-state index contributed by atoms with van der Waals surface area (Å²) in [5.41, 5.74) is 0.468. The predicted octanol–water partition coefficient (Wildman–Crippen LogP) is 1.78. The lowest BCUT2D eigenvalue weighted by atomic mass is 10.3. The number of hydrogen-bond acceptors (Lipinski definition) is 3. The molecule has 0 bridgehead atoms. The highest BCUT2D eigenvalue weighted by Crippen LogP contribution is 2.24. The van der Waals surface area contributed by atoms with Crippen molar-refractivity contribution in [3.05, 3.63) is 22.2 Å². The fourth-order valence-electron chi connectivity index (χ4n) is 0.887. The van der Waals surface area contributed by atoms with Gasteiger partial charge in [0.2, 0.25) is 0 Å². The number of thioether (sulfide) groups is 1. The monoisotopic (exact) mass is 173 g/mol. The summed E-state index contributed by atoms with van der Waals surface area (Å²) in [6.45, 7) is 4.06. The quantitative estimate of drug-likeness (QED) is 0.757. The maximum atomic E-state index is 10.9. The third kappa shape index (κ3) is 1.89. The highest BCUT2D eigenvalue weighted by atomic mass is 32.2. The van der Waals surface area contributed by atoms with Crippen molar-refractivity contribution in [2.45, 2.75) is 19.1 Å². The molecule has 0 fully saturated rings. The van der Waals surface area contributed by atoms with Crippen molar-refractivity contribution in [3.63, 3.8) is 0 Å². The summed E-state index contributed by atoms with van der Waals surface area (Å²) in [6, 6.07) is 0. The van der Waals surface area contributed by atoms with Gasteiger partial charge in [-0.15, -0.1) is 0 Å². The molecule has 1 N–H and O–H groups in total. The fourth-order valence-corrected chi connectivity index (χ4v) is 1.73. The molecule has 4 heteroatoms. The van der Waals surface area contributed by atoms with E-state index in [2.05, 4.69) is 16.6 Å². The zero-order valence-electron chi connectivity index (χ0n) is 6.59. The van der Waals surface area contributed by atoms with Crippen LogP contribution in [0.5, 0.6) is 0 Å². The van der Waals surface area contributed by atoms with Gasteiger partial charge in [0.15, 0.2) is 0 Å². The number of rotatable bonds is 3. The molecule has 0 saturated carbocycles. The predicted molar refractivity (Wildman–Crippen MR) is 45.9 cm³/mol. The Hall–Kier alpha value is -0.640. The number of aromatic nitrogens is 1. The van der Waals surface area contributed by atoms with E-state index >= 15 is 0 Å². The maximum absolute atomic E-state index is 10.9. The van der Waals surface area contributed by atoms with Crippen LogP contribution in [0.4, 0.5) is 0 Å². The molecule has 0 aliphatic carbocycles. The van der Waals surface area contributed by atoms with Gasteiger partial charge in [-0.25, -0.2) is 9.95 Å². The number of H-pyrrole nitrogens is 1. The highest BCUT2D eigenvalue weighted by molar-refractivity contribution is 7.99. The molecule has 11 heavy (non-hydrogen) atoms. The molecule has 0 aliphatic rings. The van der Waals surface area contributed by atoms with Gasteiger partial charge in [-0.2, -0.15) is 11.8 Å². The molecule has 3 nitrogen and oxygen atoms in total. The molecule has 1 unspecified atom stereocenters.